The summed E-state index contributed by atoms with van der Waals surface area (Å²) >= 11 is 0. The number of imidazole rings is 1. The number of nitrogens with one attached hydrogen (secondary N) is 1. The molecule has 5 nitrogen and oxygen atoms in total. The molecule has 1 fully saturated rings. The van der Waals surface area contributed by atoms with Crippen molar-refractivity contribution in [3.63, 3.8) is 0 Å². The molecule has 1 N–H and O–H groups in total. The Balaban J connectivity index is 2.14. The van der Waals surface area contributed by atoms with Gasteiger partial charge in [-0.05, 0) is 27.2 Å². The highest BCUT2D eigenvalue weighted by Gasteiger charge is 2.28. The third-order valence-corrected chi connectivity index (χ3v) is 3.34. The van der Waals surface area contributed by atoms with Crippen molar-refractivity contribution in [3.05, 3.63) is 11.9 Å². The molecule has 0 aromatic carbocycles. The number of aryl methyl sites for hydroxylation is 1. The van der Waals surface area contributed by atoms with Crippen molar-refractivity contribution in [1.29, 1.82) is 0 Å². The van der Waals surface area contributed by atoms with Crippen molar-refractivity contribution in [3.8, 4) is 0 Å². The first-order valence-corrected chi connectivity index (χ1v) is 6.54. The van der Waals surface area contributed by atoms with Gasteiger partial charge >= 0.3 is 0 Å². The van der Waals surface area contributed by atoms with E-state index < -0.39 is 0 Å². The first-order valence-electron chi connectivity index (χ1n) is 6.54. The summed E-state index contributed by atoms with van der Waals surface area (Å²) in [4.78, 5) is 4.55. The summed E-state index contributed by atoms with van der Waals surface area (Å²) in [6.45, 7) is 7.73. The van der Waals surface area contributed by atoms with Crippen molar-refractivity contribution in [2.45, 2.75) is 45.4 Å². The van der Waals surface area contributed by atoms with Gasteiger partial charge in [-0.25, -0.2) is 4.98 Å². The molecular formula is C13H23N3O2. The molecule has 5 heteroatoms. The zero-order chi connectivity index (χ0) is 13.1. The Bertz CT molecular complexity index is 392. The number of methoxy groups -OCH3 is 1. The second kappa shape index (κ2) is 5.71. The van der Waals surface area contributed by atoms with Crippen LogP contribution in [0.25, 0.3) is 0 Å². The van der Waals surface area contributed by atoms with Gasteiger partial charge in [0.1, 0.15) is 0 Å². The molecule has 0 spiro atoms. The van der Waals surface area contributed by atoms with Crippen LogP contribution < -0.4 is 5.32 Å². The summed E-state index contributed by atoms with van der Waals surface area (Å²) in [7, 11) is 1.71. The quantitative estimate of drug-likeness (QED) is 0.872. The van der Waals surface area contributed by atoms with Crippen molar-refractivity contribution in [2.75, 3.05) is 25.6 Å². The van der Waals surface area contributed by atoms with E-state index in [9.17, 15) is 0 Å². The lowest BCUT2D eigenvalue weighted by atomic mass is 10.1. The molecule has 3 unspecified atom stereocenters. The largest absolute Gasteiger partial charge is 0.383 e. The van der Waals surface area contributed by atoms with Gasteiger partial charge in [-0.15, -0.1) is 0 Å². The maximum absolute atomic E-state index is 5.64. The van der Waals surface area contributed by atoms with Crippen LogP contribution in [0.2, 0.25) is 0 Å². The van der Waals surface area contributed by atoms with Crippen LogP contribution in [-0.4, -0.2) is 42.0 Å². The van der Waals surface area contributed by atoms with Gasteiger partial charge in [-0.3, -0.25) is 0 Å². The average Bonchev–Trinajstić information content (AvgIpc) is 2.85. The SMILES string of the molecule is COCC(C)Nc1nc(C)cn1C1CCOC1C. The Morgan fingerprint density at radius 2 is 2.44 bits per heavy atom. The van der Waals surface area contributed by atoms with E-state index >= 15 is 0 Å². The maximum atomic E-state index is 5.64. The zero-order valence-electron chi connectivity index (χ0n) is 11.6. The van der Waals surface area contributed by atoms with Crippen LogP contribution in [0.15, 0.2) is 6.20 Å². The van der Waals surface area contributed by atoms with Crippen molar-refractivity contribution >= 4 is 5.95 Å². The van der Waals surface area contributed by atoms with Crippen molar-refractivity contribution in [1.82, 2.24) is 9.55 Å². The molecule has 0 saturated carbocycles. The van der Waals surface area contributed by atoms with E-state index in [-0.39, 0.29) is 12.1 Å². The smallest absolute Gasteiger partial charge is 0.203 e. The molecule has 1 saturated heterocycles. The maximum Gasteiger partial charge on any atom is 0.203 e. The third-order valence-electron chi connectivity index (χ3n) is 3.34. The van der Waals surface area contributed by atoms with E-state index in [1.165, 1.54) is 0 Å². The van der Waals surface area contributed by atoms with Crippen LogP contribution in [0.4, 0.5) is 5.95 Å². The Morgan fingerprint density at radius 1 is 1.67 bits per heavy atom. The Kier molecular flexibility index (Phi) is 4.24. The molecule has 1 aromatic rings. The normalized spacial score (nSPS) is 25.3. The number of ether oxygens (including phenoxy) is 2. The van der Waals surface area contributed by atoms with Crippen LogP contribution in [0.5, 0.6) is 0 Å². The lowest BCUT2D eigenvalue weighted by Gasteiger charge is -2.21. The van der Waals surface area contributed by atoms with Gasteiger partial charge in [-0.1, -0.05) is 0 Å². The number of rotatable bonds is 5. The molecule has 3 atom stereocenters. The van der Waals surface area contributed by atoms with Crippen LogP contribution in [0.3, 0.4) is 0 Å². The van der Waals surface area contributed by atoms with Crippen LogP contribution in [0.1, 0.15) is 32.0 Å². The number of hydrogen-bond acceptors (Lipinski definition) is 4. The van der Waals surface area contributed by atoms with Gasteiger partial charge in [0.05, 0.1) is 24.4 Å². The van der Waals surface area contributed by atoms with Gasteiger partial charge in [0, 0.05) is 26.0 Å². The highest BCUT2D eigenvalue weighted by atomic mass is 16.5. The highest BCUT2D eigenvalue weighted by Crippen LogP contribution is 2.29. The lowest BCUT2D eigenvalue weighted by Crippen LogP contribution is -2.25. The monoisotopic (exact) mass is 253 g/mol. The first kappa shape index (κ1) is 13.4. The van der Waals surface area contributed by atoms with Crippen LogP contribution in [0, 0.1) is 6.92 Å². The number of anilines is 1. The highest BCUT2D eigenvalue weighted by molar-refractivity contribution is 5.31. The third kappa shape index (κ3) is 2.84. The van der Waals surface area contributed by atoms with Gasteiger partial charge in [-0.2, -0.15) is 0 Å². The fraction of sp³-hybridized carbons (Fsp3) is 0.769. The van der Waals surface area contributed by atoms with Gasteiger partial charge < -0.3 is 19.4 Å². The van der Waals surface area contributed by atoms with Crippen molar-refractivity contribution < 1.29 is 9.47 Å². The Morgan fingerprint density at radius 3 is 3.06 bits per heavy atom. The first-order chi connectivity index (χ1) is 8.61. The van der Waals surface area contributed by atoms with Gasteiger partial charge in [0.15, 0.2) is 0 Å². The van der Waals surface area contributed by atoms with E-state index in [1.807, 2.05) is 6.92 Å². The zero-order valence-corrected chi connectivity index (χ0v) is 11.6. The fourth-order valence-electron chi connectivity index (χ4n) is 2.47. The predicted octanol–water partition coefficient (Wildman–Crippen LogP) is 1.99. The Hall–Kier alpha value is -1.07. The second-order valence-electron chi connectivity index (χ2n) is 5.05. The minimum absolute atomic E-state index is 0.244. The minimum Gasteiger partial charge on any atom is -0.383 e. The molecule has 1 aromatic heterocycles. The average molecular weight is 253 g/mol. The topological polar surface area (TPSA) is 48.3 Å². The molecule has 18 heavy (non-hydrogen) atoms. The molecule has 2 heterocycles. The summed E-state index contributed by atoms with van der Waals surface area (Å²) in [6, 6.07) is 0.622. The molecule has 0 bridgehead atoms. The molecule has 0 radical (unpaired) electrons. The van der Waals surface area contributed by atoms with Crippen LogP contribution >= 0.6 is 0 Å². The number of hydrogen-bond donors (Lipinski definition) is 1. The summed E-state index contributed by atoms with van der Waals surface area (Å²) in [5.41, 5.74) is 1.03. The summed E-state index contributed by atoms with van der Waals surface area (Å²) in [6.07, 6.45) is 3.39. The number of aromatic nitrogens is 2. The predicted molar refractivity (Wildman–Crippen MR) is 71.0 cm³/mol. The summed E-state index contributed by atoms with van der Waals surface area (Å²) < 4.78 is 13.0. The Labute approximate surface area is 108 Å². The van der Waals surface area contributed by atoms with E-state index in [4.69, 9.17) is 9.47 Å². The molecular weight excluding hydrogens is 230 g/mol. The second-order valence-corrected chi connectivity index (χ2v) is 5.05. The molecule has 0 amide bonds. The lowest BCUT2D eigenvalue weighted by molar-refractivity contribution is 0.108. The van der Waals surface area contributed by atoms with Gasteiger partial charge in [0.25, 0.3) is 0 Å². The summed E-state index contributed by atoms with van der Waals surface area (Å²) in [5.74, 6) is 0.916. The standard InChI is InChI=1S/C13H23N3O2/c1-9-7-16(12-5-6-18-11(12)3)13(14-9)15-10(2)8-17-4/h7,10-12H,5-6,8H2,1-4H3,(H,14,15). The van der Waals surface area contributed by atoms with E-state index in [0.29, 0.717) is 12.6 Å². The molecule has 102 valence electrons. The molecule has 1 aliphatic heterocycles. The molecule has 2 rings (SSSR count). The van der Waals surface area contributed by atoms with Gasteiger partial charge in [0.2, 0.25) is 5.95 Å². The molecule has 0 aliphatic carbocycles. The number of nitrogens with zero attached hydrogens (tertiary/aromatic N) is 2. The summed E-state index contributed by atoms with van der Waals surface area (Å²) in [5, 5.41) is 3.40. The molecule has 1 aliphatic rings. The van der Waals surface area contributed by atoms with Crippen molar-refractivity contribution in [2.24, 2.45) is 0 Å². The van der Waals surface area contributed by atoms with Crippen LogP contribution in [-0.2, 0) is 9.47 Å². The van der Waals surface area contributed by atoms with E-state index in [0.717, 1.165) is 24.7 Å². The van der Waals surface area contributed by atoms with E-state index in [2.05, 4.69) is 34.9 Å². The fourth-order valence-corrected chi connectivity index (χ4v) is 2.47. The van der Waals surface area contributed by atoms with E-state index in [1.54, 1.807) is 7.11 Å². The minimum atomic E-state index is 0.244.